The lowest BCUT2D eigenvalue weighted by molar-refractivity contribution is 0.565. The molecule has 94 valence electrons. The summed E-state index contributed by atoms with van der Waals surface area (Å²) < 4.78 is 20.7. The molecular weight excluding hydrogens is 256 g/mol. The van der Waals surface area contributed by atoms with Gasteiger partial charge in [0, 0.05) is 5.39 Å². The highest BCUT2D eigenvalue weighted by Gasteiger charge is 2.09. The molecule has 0 heterocycles. The lowest BCUT2D eigenvalue weighted by Crippen LogP contribution is -1.91. The fourth-order valence-corrected chi connectivity index (χ4v) is 2.86. The summed E-state index contributed by atoms with van der Waals surface area (Å²) in [4.78, 5) is 0.454. The number of hydrogen-bond acceptors (Lipinski definition) is 1. The Labute approximate surface area is 114 Å². The molecule has 3 aromatic rings. The number of benzene rings is 3. The molecule has 19 heavy (non-hydrogen) atoms. The fourth-order valence-electron chi connectivity index (χ4n) is 2.30. The monoisotopic (exact) mass is 268 g/mol. The first kappa shape index (κ1) is 12.1. The molecule has 0 radical (unpaired) electrons. The molecule has 0 aliphatic heterocycles. The number of fused-ring (bicyclic) bond motifs is 1. The van der Waals surface area contributed by atoms with Gasteiger partial charge in [-0.2, -0.15) is 0 Å². The summed E-state index contributed by atoms with van der Waals surface area (Å²) in [5.41, 5.74) is 2.18. The van der Waals surface area contributed by atoms with E-state index in [0.717, 1.165) is 21.9 Å². The summed E-state index contributed by atoms with van der Waals surface area (Å²) in [5, 5.41) is 1.82. The molecule has 3 rings (SSSR count). The predicted octanol–water partition coefficient (Wildman–Crippen LogP) is 4.09. The average Bonchev–Trinajstić information content (AvgIpc) is 2.46. The van der Waals surface area contributed by atoms with Crippen LogP contribution in [0.5, 0.6) is 0 Å². The van der Waals surface area contributed by atoms with E-state index in [2.05, 4.69) is 0 Å². The van der Waals surface area contributed by atoms with E-state index >= 15 is 0 Å². The van der Waals surface area contributed by atoms with Gasteiger partial charge in [-0.1, -0.05) is 60.7 Å². The molecule has 0 fully saturated rings. The van der Waals surface area contributed by atoms with Crippen LogP contribution in [0.15, 0.2) is 71.6 Å². The zero-order chi connectivity index (χ0) is 13.2. The third-order valence-electron chi connectivity index (χ3n) is 3.15. The van der Waals surface area contributed by atoms with Crippen LogP contribution in [0, 0.1) is 0 Å². The van der Waals surface area contributed by atoms with Crippen molar-refractivity contribution in [3.8, 4) is 11.1 Å². The van der Waals surface area contributed by atoms with E-state index in [1.54, 1.807) is 6.07 Å². The van der Waals surface area contributed by atoms with E-state index in [0.29, 0.717) is 4.90 Å². The first-order chi connectivity index (χ1) is 9.27. The van der Waals surface area contributed by atoms with Gasteiger partial charge in [0.25, 0.3) is 0 Å². The predicted molar refractivity (Wildman–Crippen MR) is 78.4 cm³/mol. The Bertz CT molecular complexity index is 751. The normalized spacial score (nSPS) is 12.5. The van der Waals surface area contributed by atoms with Crippen LogP contribution in [-0.2, 0) is 11.1 Å². The van der Waals surface area contributed by atoms with Crippen molar-refractivity contribution in [1.29, 1.82) is 0 Å². The Morgan fingerprint density at radius 3 is 2.16 bits per heavy atom. The van der Waals surface area contributed by atoms with E-state index in [-0.39, 0.29) is 0 Å². The minimum atomic E-state index is -1.97. The Balaban J connectivity index is 2.34. The molecule has 0 amide bonds. The zero-order valence-electron chi connectivity index (χ0n) is 10.1. The Morgan fingerprint density at radius 1 is 0.737 bits per heavy atom. The molecular formula is C16H12O2S. The maximum Gasteiger partial charge on any atom is 0.187 e. The van der Waals surface area contributed by atoms with E-state index in [1.165, 1.54) is 0 Å². The first-order valence-corrected chi connectivity index (χ1v) is 7.06. The molecule has 3 aromatic carbocycles. The van der Waals surface area contributed by atoms with E-state index < -0.39 is 11.1 Å². The Morgan fingerprint density at radius 2 is 1.42 bits per heavy atom. The van der Waals surface area contributed by atoms with Gasteiger partial charge in [0.2, 0.25) is 0 Å². The lowest BCUT2D eigenvalue weighted by atomic mass is 9.98. The number of hydrogen-bond donors (Lipinski definition) is 1. The molecule has 1 N–H and O–H groups in total. The fraction of sp³-hybridized carbons (Fsp3) is 0. The van der Waals surface area contributed by atoms with Crippen LogP contribution < -0.4 is 0 Å². The second-order valence-corrected chi connectivity index (χ2v) is 5.21. The third-order valence-corrected chi connectivity index (χ3v) is 3.89. The van der Waals surface area contributed by atoms with Gasteiger partial charge in [0.15, 0.2) is 11.1 Å². The van der Waals surface area contributed by atoms with Crippen molar-refractivity contribution >= 4 is 21.9 Å². The molecule has 3 heteroatoms. The minimum Gasteiger partial charge on any atom is -0.302 e. The lowest BCUT2D eigenvalue weighted by Gasteiger charge is -2.08. The van der Waals surface area contributed by atoms with Crippen molar-refractivity contribution in [1.82, 2.24) is 0 Å². The van der Waals surface area contributed by atoms with Crippen molar-refractivity contribution < 1.29 is 8.76 Å². The largest absolute Gasteiger partial charge is 0.302 e. The summed E-state index contributed by atoms with van der Waals surface area (Å²) in [7, 11) is 0. The topological polar surface area (TPSA) is 37.3 Å². The molecule has 1 atom stereocenters. The Kier molecular flexibility index (Phi) is 3.15. The van der Waals surface area contributed by atoms with Crippen LogP contribution in [0.25, 0.3) is 21.9 Å². The van der Waals surface area contributed by atoms with E-state index in [1.807, 2.05) is 60.7 Å². The smallest absolute Gasteiger partial charge is 0.187 e. The van der Waals surface area contributed by atoms with E-state index in [9.17, 15) is 8.76 Å². The molecule has 2 nitrogen and oxygen atoms in total. The van der Waals surface area contributed by atoms with Gasteiger partial charge >= 0.3 is 0 Å². The summed E-state index contributed by atoms with van der Waals surface area (Å²) in [6.45, 7) is 0. The summed E-state index contributed by atoms with van der Waals surface area (Å²) in [5.74, 6) is 0. The molecule has 0 spiro atoms. The highest BCUT2D eigenvalue weighted by Crippen LogP contribution is 2.31. The summed E-state index contributed by atoms with van der Waals surface area (Å²) in [6, 6.07) is 21.3. The highest BCUT2D eigenvalue weighted by atomic mass is 32.2. The van der Waals surface area contributed by atoms with Gasteiger partial charge in [-0.25, -0.2) is 4.21 Å². The second kappa shape index (κ2) is 4.96. The number of rotatable bonds is 2. The van der Waals surface area contributed by atoms with Crippen molar-refractivity contribution in [2.45, 2.75) is 4.90 Å². The maximum atomic E-state index is 11.4. The Hall–Kier alpha value is -1.97. The van der Waals surface area contributed by atoms with Crippen LogP contribution in [-0.4, -0.2) is 8.76 Å². The van der Waals surface area contributed by atoms with Gasteiger partial charge in [0.05, 0.1) is 4.90 Å². The molecule has 0 aliphatic carbocycles. The van der Waals surface area contributed by atoms with Crippen molar-refractivity contribution in [2.24, 2.45) is 0 Å². The van der Waals surface area contributed by atoms with Crippen LogP contribution in [0.3, 0.4) is 0 Å². The molecule has 0 saturated carbocycles. The molecule has 0 bridgehead atoms. The van der Waals surface area contributed by atoms with Gasteiger partial charge < -0.3 is 4.55 Å². The minimum absolute atomic E-state index is 0.454. The summed E-state index contributed by atoms with van der Waals surface area (Å²) in [6.07, 6.45) is 0. The quantitative estimate of drug-likeness (QED) is 0.711. The maximum absolute atomic E-state index is 11.4. The van der Waals surface area contributed by atoms with Gasteiger partial charge in [-0.3, -0.25) is 0 Å². The van der Waals surface area contributed by atoms with Gasteiger partial charge in [-0.05, 0) is 22.6 Å². The highest BCUT2D eigenvalue weighted by molar-refractivity contribution is 7.79. The van der Waals surface area contributed by atoms with Gasteiger partial charge in [0.1, 0.15) is 0 Å². The third kappa shape index (κ3) is 2.18. The SMILES string of the molecule is O=S(O)c1cccc2c(-c3ccccc3)cccc12. The zero-order valence-corrected chi connectivity index (χ0v) is 10.9. The van der Waals surface area contributed by atoms with Crippen molar-refractivity contribution in [3.63, 3.8) is 0 Å². The molecule has 0 aromatic heterocycles. The average molecular weight is 268 g/mol. The molecule has 0 saturated heterocycles. The molecule has 0 aliphatic rings. The summed E-state index contributed by atoms with van der Waals surface area (Å²) >= 11 is -1.97. The van der Waals surface area contributed by atoms with Crippen LogP contribution >= 0.6 is 0 Å². The van der Waals surface area contributed by atoms with Crippen molar-refractivity contribution in [3.05, 3.63) is 66.7 Å². The first-order valence-electron chi connectivity index (χ1n) is 5.95. The van der Waals surface area contributed by atoms with Crippen molar-refractivity contribution in [2.75, 3.05) is 0 Å². The van der Waals surface area contributed by atoms with Gasteiger partial charge in [-0.15, -0.1) is 0 Å². The molecule has 1 unspecified atom stereocenters. The standard InChI is InChI=1S/C16H12O2S/c17-19(18)16-11-5-9-14-13(8-4-10-15(14)16)12-6-2-1-3-7-12/h1-11H,(H,17,18). The van der Waals surface area contributed by atoms with Crippen LogP contribution in [0.2, 0.25) is 0 Å². The second-order valence-electron chi connectivity index (χ2n) is 4.27. The van der Waals surface area contributed by atoms with Crippen LogP contribution in [0.4, 0.5) is 0 Å². The van der Waals surface area contributed by atoms with Crippen LogP contribution in [0.1, 0.15) is 0 Å². The van der Waals surface area contributed by atoms with E-state index in [4.69, 9.17) is 0 Å².